The number of carbonyl (C=O) groups excluding carboxylic acids is 1. The molecule has 6 nitrogen and oxygen atoms in total. The van der Waals surface area contributed by atoms with Crippen LogP contribution in [-0.4, -0.2) is 31.6 Å². The van der Waals surface area contributed by atoms with E-state index in [0.717, 1.165) is 5.56 Å². The van der Waals surface area contributed by atoms with Crippen LogP contribution in [0.1, 0.15) is 5.56 Å². The maximum absolute atomic E-state index is 11.9. The van der Waals surface area contributed by atoms with Crippen LogP contribution in [0.4, 0.5) is 0 Å². The second-order valence-electron chi connectivity index (χ2n) is 4.45. The number of amides is 1. The number of nitrogens with zero attached hydrogens (tertiary/aromatic N) is 3. The molecular formula is C14H12ClN5OS. The highest BCUT2D eigenvalue weighted by atomic mass is 35.5. The van der Waals surface area contributed by atoms with Gasteiger partial charge in [0.15, 0.2) is 5.65 Å². The van der Waals surface area contributed by atoms with E-state index >= 15 is 0 Å². The van der Waals surface area contributed by atoms with E-state index in [9.17, 15) is 4.79 Å². The van der Waals surface area contributed by atoms with Crippen molar-refractivity contribution < 1.29 is 4.79 Å². The van der Waals surface area contributed by atoms with Gasteiger partial charge in [0.1, 0.15) is 10.5 Å². The maximum Gasteiger partial charge on any atom is 0.230 e. The van der Waals surface area contributed by atoms with Crippen LogP contribution in [0, 0.1) is 0 Å². The highest BCUT2D eigenvalue weighted by molar-refractivity contribution is 8.00. The van der Waals surface area contributed by atoms with E-state index in [1.165, 1.54) is 18.1 Å². The SMILES string of the molecule is O=C(CSc1nc(Cl)nc2nc[nH]c12)NCc1ccccc1. The summed E-state index contributed by atoms with van der Waals surface area (Å²) < 4.78 is 0. The second kappa shape index (κ2) is 6.76. The van der Waals surface area contributed by atoms with Crippen LogP contribution in [0.3, 0.4) is 0 Å². The molecule has 112 valence electrons. The monoisotopic (exact) mass is 333 g/mol. The quantitative estimate of drug-likeness (QED) is 0.425. The van der Waals surface area contributed by atoms with E-state index in [1.807, 2.05) is 30.3 Å². The van der Waals surface area contributed by atoms with Crippen LogP contribution >= 0.6 is 23.4 Å². The lowest BCUT2D eigenvalue weighted by molar-refractivity contribution is -0.118. The van der Waals surface area contributed by atoms with E-state index in [0.29, 0.717) is 22.7 Å². The molecule has 2 N–H and O–H groups in total. The fourth-order valence-corrected chi connectivity index (χ4v) is 2.90. The summed E-state index contributed by atoms with van der Waals surface area (Å²) >= 11 is 7.14. The summed E-state index contributed by atoms with van der Waals surface area (Å²) in [5, 5.41) is 3.59. The van der Waals surface area contributed by atoms with Gasteiger partial charge in [-0.3, -0.25) is 4.79 Å². The molecule has 1 amide bonds. The maximum atomic E-state index is 11.9. The van der Waals surface area contributed by atoms with Crippen LogP contribution < -0.4 is 5.32 Å². The number of carbonyl (C=O) groups is 1. The van der Waals surface area contributed by atoms with Crippen molar-refractivity contribution in [2.24, 2.45) is 0 Å². The van der Waals surface area contributed by atoms with Gasteiger partial charge in [-0.2, -0.15) is 4.98 Å². The zero-order valence-corrected chi connectivity index (χ0v) is 13.0. The first-order chi connectivity index (χ1) is 10.7. The molecule has 0 unspecified atom stereocenters. The van der Waals surface area contributed by atoms with Crippen molar-refractivity contribution in [2.45, 2.75) is 11.6 Å². The Bertz CT molecular complexity index is 792. The smallest absolute Gasteiger partial charge is 0.230 e. The Kier molecular flexibility index (Phi) is 4.55. The first-order valence-electron chi connectivity index (χ1n) is 6.52. The van der Waals surface area contributed by atoms with Gasteiger partial charge in [0.2, 0.25) is 11.2 Å². The summed E-state index contributed by atoms with van der Waals surface area (Å²) in [5.74, 6) is 0.171. The highest BCUT2D eigenvalue weighted by Gasteiger charge is 2.11. The van der Waals surface area contributed by atoms with Crippen molar-refractivity contribution in [3.05, 3.63) is 47.5 Å². The average molecular weight is 334 g/mol. The van der Waals surface area contributed by atoms with Crippen molar-refractivity contribution >= 4 is 40.4 Å². The number of H-pyrrole nitrogens is 1. The normalized spacial score (nSPS) is 10.8. The Morgan fingerprint density at radius 3 is 2.91 bits per heavy atom. The van der Waals surface area contributed by atoms with E-state index in [-0.39, 0.29) is 16.9 Å². The third-order valence-corrected chi connectivity index (χ3v) is 4.04. The largest absolute Gasteiger partial charge is 0.351 e. The molecule has 1 aromatic carbocycles. The summed E-state index contributed by atoms with van der Waals surface area (Å²) in [7, 11) is 0. The topological polar surface area (TPSA) is 83.6 Å². The molecule has 0 aliphatic heterocycles. The minimum absolute atomic E-state index is 0.0729. The predicted octanol–water partition coefficient (Wildman–Crippen LogP) is 2.41. The number of thioether (sulfide) groups is 1. The first-order valence-corrected chi connectivity index (χ1v) is 7.89. The fourth-order valence-electron chi connectivity index (χ4n) is 1.87. The fraction of sp³-hybridized carbons (Fsp3) is 0.143. The van der Waals surface area contributed by atoms with E-state index in [1.54, 1.807) is 0 Å². The number of rotatable bonds is 5. The number of benzene rings is 1. The average Bonchev–Trinajstić information content (AvgIpc) is 3.00. The lowest BCUT2D eigenvalue weighted by atomic mass is 10.2. The molecule has 0 radical (unpaired) electrons. The summed E-state index contributed by atoms with van der Waals surface area (Å²) in [6.07, 6.45) is 1.52. The number of fused-ring (bicyclic) bond motifs is 1. The molecule has 0 fully saturated rings. The number of aromatic amines is 1. The third-order valence-electron chi connectivity index (χ3n) is 2.90. The van der Waals surface area contributed by atoms with Gasteiger partial charge in [0, 0.05) is 6.54 Å². The van der Waals surface area contributed by atoms with Gasteiger partial charge in [-0.25, -0.2) is 9.97 Å². The number of hydrogen-bond acceptors (Lipinski definition) is 5. The van der Waals surface area contributed by atoms with E-state index in [2.05, 4.69) is 25.3 Å². The zero-order chi connectivity index (χ0) is 15.4. The number of halogens is 1. The van der Waals surface area contributed by atoms with Crippen molar-refractivity contribution in [1.82, 2.24) is 25.3 Å². The van der Waals surface area contributed by atoms with E-state index in [4.69, 9.17) is 11.6 Å². The molecule has 0 saturated carbocycles. The number of nitrogens with one attached hydrogen (secondary N) is 2. The molecule has 22 heavy (non-hydrogen) atoms. The van der Waals surface area contributed by atoms with Gasteiger partial charge in [-0.1, -0.05) is 42.1 Å². The molecular weight excluding hydrogens is 322 g/mol. The molecule has 0 saturated heterocycles. The predicted molar refractivity (Wildman–Crippen MR) is 85.7 cm³/mol. The third kappa shape index (κ3) is 3.55. The van der Waals surface area contributed by atoms with Gasteiger partial charge >= 0.3 is 0 Å². The number of imidazole rings is 1. The Balaban J connectivity index is 1.59. The Morgan fingerprint density at radius 1 is 1.27 bits per heavy atom. The van der Waals surface area contributed by atoms with Gasteiger partial charge in [-0.05, 0) is 17.2 Å². The highest BCUT2D eigenvalue weighted by Crippen LogP contribution is 2.23. The van der Waals surface area contributed by atoms with Crippen molar-refractivity contribution in [2.75, 3.05) is 5.75 Å². The molecule has 0 spiro atoms. The summed E-state index contributed by atoms with van der Waals surface area (Å²) in [4.78, 5) is 27.0. The summed E-state index contributed by atoms with van der Waals surface area (Å²) in [6.45, 7) is 0.504. The lowest BCUT2D eigenvalue weighted by Crippen LogP contribution is -2.24. The van der Waals surface area contributed by atoms with Crippen LogP contribution in [0.2, 0.25) is 5.28 Å². The number of hydrogen-bond donors (Lipinski definition) is 2. The molecule has 0 aliphatic carbocycles. The Labute approximate surface area is 135 Å². The molecule has 3 aromatic rings. The van der Waals surface area contributed by atoms with Gasteiger partial charge < -0.3 is 10.3 Å². The second-order valence-corrected chi connectivity index (χ2v) is 5.75. The van der Waals surface area contributed by atoms with Crippen LogP contribution in [0.25, 0.3) is 11.2 Å². The Morgan fingerprint density at radius 2 is 2.09 bits per heavy atom. The minimum Gasteiger partial charge on any atom is -0.351 e. The zero-order valence-electron chi connectivity index (χ0n) is 11.4. The van der Waals surface area contributed by atoms with Crippen molar-refractivity contribution in [3.63, 3.8) is 0 Å². The number of aromatic nitrogens is 4. The molecule has 3 rings (SSSR count). The van der Waals surface area contributed by atoms with E-state index < -0.39 is 0 Å². The van der Waals surface area contributed by atoms with Crippen LogP contribution in [-0.2, 0) is 11.3 Å². The molecule has 2 heterocycles. The Hall–Kier alpha value is -2.12. The minimum atomic E-state index is -0.0729. The van der Waals surface area contributed by atoms with Gasteiger partial charge in [0.05, 0.1) is 12.1 Å². The van der Waals surface area contributed by atoms with Crippen LogP contribution in [0.5, 0.6) is 0 Å². The molecule has 0 atom stereocenters. The van der Waals surface area contributed by atoms with Crippen LogP contribution in [0.15, 0.2) is 41.7 Å². The lowest BCUT2D eigenvalue weighted by Gasteiger charge is -2.05. The van der Waals surface area contributed by atoms with Gasteiger partial charge in [-0.15, -0.1) is 0 Å². The first kappa shape index (κ1) is 14.8. The summed E-state index contributed by atoms with van der Waals surface area (Å²) in [5.41, 5.74) is 2.24. The molecule has 2 aromatic heterocycles. The van der Waals surface area contributed by atoms with Gasteiger partial charge in [0.25, 0.3) is 0 Å². The standard InChI is InChI=1S/C14H12ClN5OS/c15-14-19-12-11(17-8-18-12)13(20-14)22-7-10(21)16-6-9-4-2-1-3-5-9/h1-5,8H,6-7H2,(H,16,21)(H,17,18,19,20). The van der Waals surface area contributed by atoms with Crippen molar-refractivity contribution in [3.8, 4) is 0 Å². The molecule has 0 aliphatic rings. The summed E-state index contributed by atoms with van der Waals surface area (Å²) in [6, 6.07) is 9.75. The van der Waals surface area contributed by atoms with Crippen molar-refractivity contribution in [1.29, 1.82) is 0 Å². The molecule has 0 bridgehead atoms. The molecule has 8 heteroatoms.